The second-order valence-electron chi connectivity index (χ2n) is 8.22. The van der Waals surface area contributed by atoms with E-state index < -0.39 is 34.5 Å². The lowest BCUT2D eigenvalue weighted by atomic mass is 9.69. The Kier molecular flexibility index (Phi) is 7.83. The summed E-state index contributed by atoms with van der Waals surface area (Å²) in [6, 6.07) is 5.78. The second kappa shape index (κ2) is 10.6. The molecule has 0 saturated heterocycles. The molecule has 0 saturated carbocycles. The molecule has 1 aliphatic heterocycles. The number of nitro benzene ring substituents is 1. The molecule has 0 fully saturated rings. The summed E-state index contributed by atoms with van der Waals surface area (Å²) in [6.45, 7) is 5.97. The second-order valence-corrected chi connectivity index (χ2v) is 8.22. The zero-order chi connectivity index (χ0) is 25.0. The molecule has 0 spiro atoms. The number of esters is 2. The minimum absolute atomic E-state index is 0.00673. The number of non-ortho nitro benzene ring substituents is 1. The van der Waals surface area contributed by atoms with Crippen molar-refractivity contribution in [3.8, 4) is 0 Å². The van der Waals surface area contributed by atoms with E-state index in [0.29, 0.717) is 30.0 Å². The summed E-state index contributed by atoms with van der Waals surface area (Å²) in [4.78, 5) is 50.1. The first kappa shape index (κ1) is 25.1. The molecule has 1 N–H and O–H groups in total. The standard InChI is InChI=1S/C24H28N2O8/c1-5-33-9-10-34-24(29)19-14(3)25-17-11-13(2)18(23(28)32-4)22(27)21(17)20(19)15-7-6-8-16(12-15)26(30)31/h6-8,12-13,18,20,25H,5,9-11H2,1-4H3/t13-,18+,20-/m1/s1. The average Bonchev–Trinajstić information content (AvgIpc) is 2.80. The largest absolute Gasteiger partial charge is 0.468 e. The monoisotopic (exact) mass is 472 g/mol. The number of ether oxygens (including phenoxy) is 3. The molecule has 3 rings (SSSR count). The van der Waals surface area contributed by atoms with Crippen molar-refractivity contribution in [2.45, 2.75) is 33.1 Å². The summed E-state index contributed by atoms with van der Waals surface area (Å²) < 4.78 is 15.5. The number of carbonyl (C=O) groups excluding carboxylic acids is 3. The highest BCUT2D eigenvalue weighted by molar-refractivity contribution is 6.12. The van der Waals surface area contributed by atoms with Gasteiger partial charge in [0.15, 0.2) is 5.78 Å². The normalized spacial score (nSPS) is 22.1. The van der Waals surface area contributed by atoms with E-state index in [1.54, 1.807) is 19.9 Å². The molecule has 182 valence electrons. The van der Waals surface area contributed by atoms with Crippen molar-refractivity contribution < 1.29 is 33.5 Å². The molecule has 1 aliphatic carbocycles. The molecule has 2 aliphatic rings. The molecule has 3 atom stereocenters. The molecule has 10 nitrogen and oxygen atoms in total. The van der Waals surface area contributed by atoms with Crippen molar-refractivity contribution in [2.75, 3.05) is 26.9 Å². The molecule has 1 aromatic rings. The number of hydrogen-bond donors (Lipinski definition) is 1. The number of rotatable bonds is 8. The molecule has 0 radical (unpaired) electrons. The quantitative estimate of drug-likeness (QED) is 0.199. The van der Waals surface area contributed by atoms with Gasteiger partial charge in [0.1, 0.15) is 12.5 Å². The first-order valence-electron chi connectivity index (χ1n) is 11.0. The van der Waals surface area contributed by atoms with Crippen LogP contribution in [-0.4, -0.2) is 49.6 Å². The molecule has 10 heteroatoms. The van der Waals surface area contributed by atoms with Crippen molar-refractivity contribution in [3.05, 3.63) is 62.5 Å². The highest BCUT2D eigenvalue weighted by atomic mass is 16.6. The maximum Gasteiger partial charge on any atom is 0.336 e. The molecule has 1 aromatic carbocycles. The molecule has 0 amide bonds. The number of hydrogen-bond acceptors (Lipinski definition) is 9. The summed E-state index contributed by atoms with van der Waals surface area (Å²) in [7, 11) is 1.22. The van der Waals surface area contributed by atoms with Crippen LogP contribution in [0.5, 0.6) is 0 Å². The van der Waals surface area contributed by atoms with E-state index >= 15 is 0 Å². The van der Waals surface area contributed by atoms with Crippen LogP contribution in [0.25, 0.3) is 0 Å². The van der Waals surface area contributed by atoms with Crippen LogP contribution in [0.3, 0.4) is 0 Å². The van der Waals surface area contributed by atoms with Crippen molar-refractivity contribution in [1.82, 2.24) is 5.32 Å². The third kappa shape index (κ3) is 4.86. The smallest absolute Gasteiger partial charge is 0.336 e. The third-order valence-corrected chi connectivity index (χ3v) is 6.04. The summed E-state index contributed by atoms with van der Waals surface area (Å²) in [5, 5.41) is 14.6. The topological polar surface area (TPSA) is 134 Å². The Hall–Kier alpha value is -3.53. The van der Waals surface area contributed by atoms with Crippen LogP contribution in [0.1, 0.15) is 38.7 Å². The number of benzene rings is 1. The van der Waals surface area contributed by atoms with E-state index in [9.17, 15) is 24.5 Å². The summed E-state index contributed by atoms with van der Waals surface area (Å²) in [5.41, 5.74) is 1.64. The Morgan fingerprint density at radius 3 is 2.65 bits per heavy atom. The molecule has 0 unspecified atom stereocenters. The van der Waals surface area contributed by atoms with Gasteiger partial charge in [-0.05, 0) is 31.7 Å². The fraction of sp³-hybridized carbons (Fsp3) is 0.458. The van der Waals surface area contributed by atoms with Crippen LogP contribution < -0.4 is 5.32 Å². The van der Waals surface area contributed by atoms with Crippen LogP contribution in [0.2, 0.25) is 0 Å². The summed E-state index contributed by atoms with van der Waals surface area (Å²) >= 11 is 0. The Balaban J connectivity index is 2.12. The maximum absolute atomic E-state index is 13.6. The Labute approximate surface area is 197 Å². The van der Waals surface area contributed by atoms with E-state index in [2.05, 4.69) is 5.32 Å². The van der Waals surface area contributed by atoms with Crippen molar-refractivity contribution in [1.29, 1.82) is 0 Å². The van der Waals surface area contributed by atoms with Gasteiger partial charge in [-0.25, -0.2) is 4.79 Å². The lowest BCUT2D eigenvalue weighted by Gasteiger charge is -2.38. The number of ketones is 1. The number of carbonyl (C=O) groups is 3. The predicted molar refractivity (Wildman–Crippen MR) is 120 cm³/mol. The molecular weight excluding hydrogens is 444 g/mol. The summed E-state index contributed by atoms with van der Waals surface area (Å²) in [6.07, 6.45) is 0.371. The minimum Gasteiger partial charge on any atom is -0.468 e. The number of allylic oxidation sites excluding steroid dienone is 3. The van der Waals surface area contributed by atoms with Gasteiger partial charge >= 0.3 is 11.9 Å². The van der Waals surface area contributed by atoms with E-state index in [-0.39, 0.29) is 36.0 Å². The van der Waals surface area contributed by atoms with Crippen LogP contribution >= 0.6 is 0 Å². The van der Waals surface area contributed by atoms with Crippen LogP contribution in [0.4, 0.5) is 5.69 Å². The van der Waals surface area contributed by atoms with Gasteiger partial charge in [0.2, 0.25) is 0 Å². The molecular formula is C24H28N2O8. The van der Waals surface area contributed by atoms with Gasteiger partial charge in [0.25, 0.3) is 5.69 Å². The van der Waals surface area contributed by atoms with Gasteiger partial charge < -0.3 is 19.5 Å². The lowest BCUT2D eigenvalue weighted by molar-refractivity contribution is -0.384. The molecule has 1 heterocycles. The number of methoxy groups -OCH3 is 1. The number of nitrogens with one attached hydrogen (secondary N) is 1. The van der Waals surface area contributed by atoms with Crippen molar-refractivity contribution in [3.63, 3.8) is 0 Å². The van der Waals surface area contributed by atoms with Crippen molar-refractivity contribution in [2.24, 2.45) is 11.8 Å². The first-order chi connectivity index (χ1) is 16.2. The third-order valence-electron chi connectivity index (χ3n) is 6.04. The van der Waals surface area contributed by atoms with E-state index in [0.717, 1.165) is 0 Å². The van der Waals surface area contributed by atoms with Gasteiger partial charge in [0.05, 0.1) is 24.2 Å². The van der Waals surface area contributed by atoms with Gasteiger partial charge in [-0.15, -0.1) is 0 Å². The predicted octanol–water partition coefficient (Wildman–Crippen LogP) is 2.79. The molecule has 0 bridgehead atoms. The fourth-order valence-corrected chi connectivity index (χ4v) is 4.52. The van der Waals surface area contributed by atoms with E-state index in [4.69, 9.17) is 14.2 Å². The lowest BCUT2D eigenvalue weighted by Crippen LogP contribution is -2.43. The zero-order valence-electron chi connectivity index (χ0n) is 19.6. The van der Waals surface area contributed by atoms with E-state index in [1.807, 2.05) is 6.92 Å². The Morgan fingerprint density at radius 2 is 2.00 bits per heavy atom. The molecule has 34 heavy (non-hydrogen) atoms. The molecule has 0 aromatic heterocycles. The van der Waals surface area contributed by atoms with Crippen LogP contribution in [0, 0.1) is 22.0 Å². The SMILES string of the molecule is CCOCCOC(=O)C1=C(C)NC2=C(C(=O)[C@@H](C(=O)OC)[C@H](C)C2)[C@@H]1c1cccc([N+](=O)[O-])c1. The van der Waals surface area contributed by atoms with Crippen LogP contribution in [0.15, 0.2) is 46.8 Å². The number of dihydropyridines is 1. The van der Waals surface area contributed by atoms with Gasteiger partial charge in [0, 0.05) is 41.6 Å². The fourth-order valence-electron chi connectivity index (χ4n) is 4.52. The zero-order valence-corrected chi connectivity index (χ0v) is 19.6. The highest BCUT2D eigenvalue weighted by Gasteiger charge is 2.47. The first-order valence-corrected chi connectivity index (χ1v) is 11.0. The summed E-state index contributed by atoms with van der Waals surface area (Å²) in [5.74, 6) is -4.12. The Morgan fingerprint density at radius 1 is 1.26 bits per heavy atom. The van der Waals surface area contributed by atoms with Gasteiger partial charge in [-0.1, -0.05) is 19.1 Å². The minimum atomic E-state index is -1.04. The highest BCUT2D eigenvalue weighted by Crippen LogP contribution is 2.45. The average molecular weight is 472 g/mol. The van der Waals surface area contributed by atoms with Crippen LogP contribution in [-0.2, 0) is 28.6 Å². The number of Topliss-reactive ketones (excluding diaryl/α,β-unsaturated/α-hetero) is 1. The van der Waals surface area contributed by atoms with Crippen molar-refractivity contribution >= 4 is 23.4 Å². The van der Waals surface area contributed by atoms with Gasteiger partial charge in [-0.2, -0.15) is 0 Å². The maximum atomic E-state index is 13.6. The Bertz CT molecular complexity index is 1070. The van der Waals surface area contributed by atoms with Gasteiger partial charge in [-0.3, -0.25) is 19.7 Å². The van der Waals surface area contributed by atoms with E-state index in [1.165, 1.54) is 25.3 Å². The number of nitrogens with zero attached hydrogens (tertiary/aromatic N) is 1. The number of nitro groups is 1.